The molecule has 4 N–H and O–H groups in total. The number of nitrogens with one attached hydrogen (secondary N) is 2. The first-order valence-corrected chi connectivity index (χ1v) is 18.8. The molecule has 5 atom stereocenters. The third-order valence-electron chi connectivity index (χ3n) is 11.6. The first-order chi connectivity index (χ1) is 24.3. The van der Waals surface area contributed by atoms with E-state index < -0.39 is 17.6 Å². The number of carbonyl (C=O) groups excluding carboxylic acids is 2. The highest BCUT2D eigenvalue weighted by Gasteiger charge is 2.44. The number of ether oxygens (including phenoxy) is 1. The Morgan fingerprint density at radius 2 is 1.36 bits per heavy atom. The van der Waals surface area contributed by atoms with Crippen LogP contribution in [0.15, 0.2) is 91.0 Å². The number of urea groups is 1. The van der Waals surface area contributed by atoms with Crippen LogP contribution in [0.3, 0.4) is 0 Å². The fraction of sp³-hybridized carbons (Fsp3) is 0.524. The number of nitrogens with zero attached hydrogens (tertiary/aromatic N) is 1. The Balaban J connectivity index is 0.967. The number of rotatable bonds is 13. The number of benzene rings is 3. The van der Waals surface area contributed by atoms with Crippen LogP contribution in [0.1, 0.15) is 94.2 Å². The molecule has 8 nitrogen and oxygen atoms in total. The van der Waals surface area contributed by atoms with E-state index in [4.69, 9.17) is 4.74 Å². The average molecular weight is 682 g/mol. The molecular formula is C42H55N3O5. The number of fused-ring (bicyclic) bond motifs is 2. The summed E-state index contributed by atoms with van der Waals surface area (Å²) in [5.41, 5.74) is 0.917. The number of amides is 2. The summed E-state index contributed by atoms with van der Waals surface area (Å²) >= 11 is 0. The van der Waals surface area contributed by atoms with Crippen LogP contribution in [0.2, 0.25) is 0 Å². The lowest BCUT2D eigenvalue weighted by atomic mass is 9.76. The fourth-order valence-electron chi connectivity index (χ4n) is 8.89. The second-order valence-corrected chi connectivity index (χ2v) is 15.1. The molecule has 2 heterocycles. The summed E-state index contributed by atoms with van der Waals surface area (Å²) in [5.74, 6) is -0.350. The number of piperidine rings is 1. The van der Waals surface area contributed by atoms with E-state index in [0.717, 1.165) is 81.0 Å². The van der Waals surface area contributed by atoms with Crippen LogP contribution in [0, 0.1) is 11.8 Å². The monoisotopic (exact) mass is 681 g/mol. The molecule has 2 saturated heterocycles. The number of carbonyl (C=O) groups is 2. The van der Waals surface area contributed by atoms with Gasteiger partial charge in [-0.05, 0) is 80.0 Å². The zero-order chi connectivity index (χ0) is 35.1. The summed E-state index contributed by atoms with van der Waals surface area (Å²) in [6, 6.07) is 28.9. The highest BCUT2D eigenvalue weighted by atomic mass is 16.5. The molecule has 6 rings (SSSR count). The van der Waals surface area contributed by atoms with Crippen LogP contribution < -0.4 is 10.6 Å². The minimum Gasteiger partial charge on any atom is -0.462 e. The van der Waals surface area contributed by atoms with Gasteiger partial charge in [0.1, 0.15) is 17.6 Å². The highest BCUT2D eigenvalue weighted by Crippen LogP contribution is 2.39. The predicted octanol–water partition coefficient (Wildman–Crippen LogP) is 6.51. The van der Waals surface area contributed by atoms with Crippen molar-refractivity contribution in [3.05, 3.63) is 108 Å². The standard InChI is InChI=1S/C42H55N3O5/c1-29(2)39(42(49,32-14-8-4-9-15-32)33-16-10-5-11-17-33)44-41(48)43-34-20-18-30(19-21-34)24-25-45-35-22-23-36(45)27-37(26-35)50-40(47)38(28-46)31-12-6-3-7-13-31/h3-17,29-30,34-39,46,49H,18-28H2,1-2H3,(H2,43,44,48)/t30?,34?,35-,36+,37?,38?,39-/m1/s1. The van der Waals surface area contributed by atoms with Crippen molar-refractivity contribution in [2.45, 2.75) is 113 Å². The maximum atomic E-state index is 13.5. The van der Waals surface area contributed by atoms with Crippen LogP contribution in [0.4, 0.5) is 4.79 Å². The zero-order valence-corrected chi connectivity index (χ0v) is 29.6. The topological polar surface area (TPSA) is 111 Å². The molecule has 1 saturated carbocycles. The molecule has 2 bridgehead atoms. The molecule has 3 aliphatic rings. The number of hydrogen-bond acceptors (Lipinski definition) is 6. The molecule has 50 heavy (non-hydrogen) atoms. The van der Waals surface area contributed by atoms with E-state index >= 15 is 0 Å². The maximum absolute atomic E-state index is 13.5. The highest BCUT2D eigenvalue weighted by molar-refractivity contribution is 5.78. The van der Waals surface area contributed by atoms with Gasteiger partial charge in [0.05, 0.1) is 12.6 Å². The van der Waals surface area contributed by atoms with E-state index in [1.54, 1.807) is 0 Å². The smallest absolute Gasteiger partial charge is 0.316 e. The molecule has 1 aliphatic carbocycles. The van der Waals surface area contributed by atoms with Gasteiger partial charge in [-0.3, -0.25) is 9.69 Å². The van der Waals surface area contributed by atoms with Crippen LogP contribution in [-0.4, -0.2) is 70.5 Å². The summed E-state index contributed by atoms with van der Waals surface area (Å²) in [7, 11) is 0. The van der Waals surface area contributed by atoms with E-state index in [9.17, 15) is 19.8 Å². The van der Waals surface area contributed by atoms with Gasteiger partial charge in [-0.1, -0.05) is 105 Å². The minimum atomic E-state index is -1.38. The summed E-state index contributed by atoms with van der Waals surface area (Å²) in [6.07, 6.45) is 9.14. The SMILES string of the molecule is CC(C)[C@@H](NC(=O)NC1CCC(CCN2[C@@H]3CC[C@H]2CC(OC(=O)C(CO)c2ccccc2)C3)CC1)C(O)(c1ccccc1)c1ccccc1. The second kappa shape index (κ2) is 16.5. The van der Waals surface area contributed by atoms with Crippen molar-refractivity contribution in [2.75, 3.05) is 13.2 Å². The molecule has 268 valence electrons. The number of aliphatic hydroxyl groups is 2. The minimum absolute atomic E-state index is 0.0268. The Bertz CT molecular complexity index is 1460. The normalized spacial score (nSPS) is 25.1. The lowest BCUT2D eigenvalue weighted by Crippen LogP contribution is -2.57. The van der Waals surface area contributed by atoms with Crippen molar-refractivity contribution in [3.63, 3.8) is 0 Å². The lowest BCUT2D eigenvalue weighted by Gasteiger charge is -2.41. The number of hydrogen-bond donors (Lipinski definition) is 4. The van der Waals surface area contributed by atoms with Gasteiger partial charge in [-0.2, -0.15) is 0 Å². The van der Waals surface area contributed by atoms with Gasteiger partial charge in [-0.15, -0.1) is 0 Å². The van der Waals surface area contributed by atoms with E-state index in [0.29, 0.717) is 18.0 Å². The summed E-state index contributed by atoms with van der Waals surface area (Å²) < 4.78 is 5.99. The number of aliphatic hydroxyl groups excluding tert-OH is 1. The van der Waals surface area contributed by atoms with Crippen molar-refractivity contribution in [1.29, 1.82) is 0 Å². The van der Waals surface area contributed by atoms with Crippen LogP contribution >= 0.6 is 0 Å². The number of esters is 1. The van der Waals surface area contributed by atoms with Crippen LogP contribution in [-0.2, 0) is 15.1 Å². The Kier molecular flexibility index (Phi) is 11.9. The van der Waals surface area contributed by atoms with Gasteiger partial charge in [0.15, 0.2) is 0 Å². The molecule has 0 spiro atoms. The van der Waals surface area contributed by atoms with Crippen molar-refractivity contribution >= 4 is 12.0 Å². The van der Waals surface area contributed by atoms with E-state index in [-0.39, 0.29) is 36.7 Å². The third kappa shape index (κ3) is 8.25. The van der Waals surface area contributed by atoms with Gasteiger partial charge in [-0.25, -0.2) is 4.79 Å². The van der Waals surface area contributed by atoms with Gasteiger partial charge in [0.2, 0.25) is 0 Å². The quantitative estimate of drug-likeness (QED) is 0.153. The molecule has 3 fully saturated rings. The Labute approximate surface area is 297 Å². The molecule has 2 aliphatic heterocycles. The van der Waals surface area contributed by atoms with Gasteiger partial charge < -0.3 is 25.6 Å². The predicted molar refractivity (Wildman–Crippen MR) is 195 cm³/mol. The van der Waals surface area contributed by atoms with Gasteiger partial charge >= 0.3 is 12.0 Å². The van der Waals surface area contributed by atoms with E-state index in [2.05, 4.69) is 15.5 Å². The largest absolute Gasteiger partial charge is 0.462 e. The van der Waals surface area contributed by atoms with E-state index in [1.165, 1.54) is 0 Å². The van der Waals surface area contributed by atoms with Crippen molar-refractivity contribution < 1.29 is 24.5 Å². The summed E-state index contributed by atoms with van der Waals surface area (Å²) in [4.78, 5) is 29.1. The molecule has 8 heteroatoms. The lowest BCUT2D eigenvalue weighted by molar-refractivity contribution is -0.155. The first-order valence-electron chi connectivity index (χ1n) is 18.8. The van der Waals surface area contributed by atoms with Crippen LogP contribution in [0.25, 0.3) is 0 Å². The molecule has 2 amide bonds. The molecular weight excluding hydrogens is 626 g/mol. The molecule has 2 unspecified atom stereocenters. The molecule has 0 aromatic heterocycles. The van der Waals surface area contributed by atoms with Crippen LogP contribution in [0.5, 0.6) is 0 Å². The maximum Gasteiger partial charge on any atom is 0.316 e. The van der Waals surface area contributed by atoms with Crippen molar-refractivity contribution in [3.8, 4) is 0 Å². The molecule has 3 aromatic carbocycles. The van der Waals surface area contributed by atoms with Crippen molar-refractivity contribution in [1.82, 2.24) is 15.5 Å². The van der Waals surface area contributed by atoms with Gasteiger partial charge in [0.25, 0.3) is 0 Å². The van der Waals surface area contributed by atoms with E-state index in [1.807, 2.05) is 105 Å². The zero-order valence-electron chi connectivity index (χ0n) is 29.6. The third-order valence-corrected chi connectivity index (χ3v) is 11.6. The summed E-state index contributed by atoms with van der Waals surface area (Å²) in [6.45, 7) is 4.89. The Morgan fingerprint density at radius 3 is 1.88 bits per heavy atom. The van der Waals surface area contributed by atoms with Gasteiger partial charge in [0, 0.05) is 31.0 Å². The first kappa shape index (κ1) is 36.1. The Morgan fingerprint density at radius 1 is 0.820 bits per heavy atom. The second-order valence-electron chi connectivity index (χ2n) is 15.1. The molecule has 0 radical (unpaired) electrons. The Hall–Kier alpha value is -3.72. The summed E-state index contributed by atoms with van der Waals surface area (Å²) in [5, 5.41) is 28.7. The van der Waals surface area contributed by atoms with Crippen molar-refractivity contribution in [2.24, 2.45) is 11.8 Å². The average Bonchev–Trinajstić information content (AvgIpc) is 3.38. The molecule has 3 aromatic rings. The fourth-order valence-corrected chi connectivity index (χ4v) is 8.89.